The lowest BCUT2D eigenvalue weighted by atomic mass is 10.2. The molecule has 1 heterocycles. The minimum atomic E-state index is 0.0627. The maximum atomic E-state index is 11.8. The third kappa shape index (κ3) is 2.62. The van der Waals surface area contributed by atoms with Crippen molar-refractivity contribution in [3.63, 3.8) is 0 Å². The van der Waals surface area contributed by atoms with Gasteiger partial charge in [0.2, 0.25) is 5.88 Å². The van der Waals surface area contributed by atoms with Gasteiger partial charge in [0.15, 0.2) is 5.78 Å². The SMILES string of the molecule is CCC(=O)c1sc(-c2ccc(Br)cc2)nc1OC. The molecular formula is C13H12BrNO2S. The third-order valence-electron chi connectivity index (χ3n) is 2.45. The van der Waals surface area contributed by atoms with Gasteiger partial charge in [0, 0.05) is 16.5 Å². The zero-order valence-corrected chi connectivity index (χ0v) is 12.5. The first kappa shape index (κ1) is 13.2. The maximum Gasteiger partial charge on any atom is 0.236 e. The largest absolute Gasteiger partial charge is 0.480 e. The van der Waals surface area contributed by atoms with Gasteiger partial charge in [-0.3, -0.25) is 4.79 Å². The third-order valence-corrected chi connectivity index (χ3v) is 4.11. The van der Waals surface area contributed by atoms with Crippen molar-refractivity contribution in [3.05, 3.63) is 33.6 Å². The summed E-state index contributed by atoms with van der Waals surface area (Å²) in [6.07, 6.45) is 0.457. The molecule has 1 aromatic carbocycles. The summed E-state index contributed by atoms with van der Waals surface area (Å²) in [5, 5.41) is 0.802. The number of Topliss-reactive ketones (excluding diaryl/α,β-unsaturated/α-hetero) is 1. The van der Waals surface area contributed by atoms with Crippen LogP contribution in [0.15, 0.2) is 28.7 Å². The van der Waals surface area contributed by atoms with Crippen LogP contribution in [0.5, 0.6) is 5.88 Å². The monoisotopic (exact) mass is 325 g/mol. The second kappa shape index (κ2) is 5.63. The van der Waals surface area contributed by atoms with Crippen LogP contribution in [0.4, 0.5) is 0 Å². The molecule has 1 aromatic heterocycles. The molecule has 0 fully saturated rings. The first-order valence-electron chi connectivity index (χ1n) is 5.49. The molecule has 0 unspecified atom stereocenters. The number of thiazole rings is 1. The molecule has 2 rings (SSSR count). The summed E-state index contributed by atoms with van der Waals surface area (Å²) in [5.74, 6) is 0.484. The lowest BCUT2D eigenvalue weighted by Gasteiger charge is -1.96. The number of ketones is 1. The quantitative estimate of drug-likeness (QED) is 0.792. The number of benzene rings is 1. The summed E-state index contributed by atoms with van der Waals surface area (Å²) in [4.78, 5) is 16.7. The van der Waals surface area contributed by atoms with Gasteiger partial charge in [0.1, 0.15) is 9.88 Å². The first-order valence-corrected chi connectivity index (χ1v) is 7.10. The van der Waals surface area contributed by atoms with E-state index in [1.165, 1.54) is 18.4 Å². The van der Waals surface area contributed by atoms with E-state index >= 15 is 0 Å². The molecule has 0 spiro atoms. The van der Waals surface area contributed by atoms with Crippen LogP contribution in [0.25, 0.3) is 10.6 Å². The van der Waals surface area contributed by atoms with E-state index in [2.05, 4.69) is 20.9 Å². The molecule has 5 heteroatoms. The Morgan fingerprint density at radius 1 is 1.39 bits per heavy atom. The molecule has 0 saturated heterocycles. The van der Waals surface area contributed by atoms with Gasteiger partial charge in [-0.25, -0.2) is 4.98 Å². The molecule has 0 aliphatic carbocycles. The van der Waals surface area contributed by atoms with Crippen LogP contribution in [0.1, 0.15) is 23.0 Å². The van der Waals surface area contributed by atoms with Crippen LogP contribution in [0.2, 0.25) is 0 Å². The Labute approximate surface area is 118 Å². The molecule has 0 aliphatic heterocycles. The number of aromatic nitrogens is 1. The Morgan fingerprint density at radius 2 is 2.06 bits per heavy atom. The van der Waals surface area contributed by atoms with Crippen molar-refractivity contribution in [3.8, 4) is 16.5 Å². The lowest BCUT2D eigenvalue weighted by molar-refractivity contribution is 0.0989. The number of rotatable bonds is 4. The van der Waals surface area contributed by atoms with Crippen LogP contribution in [-0.4, -0.2) is 17.9 Å². The van der Waals surface area contributed by atoms with E-state index in [0.717, 1.165) is 15.0 Å². The average Bonchev–Trinajstić information content (AvgIpc) is 2.82. The number of ether oxygens (including phenoxy) is 1. The summed E-state index contributed by atoms with van der Waals surface area (Å²) in [6.45, 7) is 1.83. The molecule has 2 aromatic rings. The molecule has 0 bridgehead atoms. The van der Waals surface area contributed by atoms with Crippen molar-refractivity contribution >= 4 is 33.0 Å². The van der Waals surface area contributed by atoms with E-state index < -0.39 is 0 Å². The maximum absolute atomic E-state index is 11.8. The number of methoxy groups -OCH3 is 1. The predicted octanol–water partition coefficient (Wildman–Crippen LogP) is 4.17. The van der Waals surface area contributed by atoms with Crippen molar-refractivity contribution in [1.82, 2.24) is 4.98 Å². The summed E-state index contributed by atoms with van der Waals surface area (Å²) >= 11 is 4.76. The summed E-state index contributed by atoms with van der Waals surface area (Å²) in [6, 6.07) is 7.82. The molecule has 0 radical (unpaired) electrons. The topological polar surface area (TPSA) is 39.2 Å². The van der Waals surface area contributed by atoms with Gasteiger partial charge in [0.05, 0.1) is 7.11 Å². The predicted molar refractivity (Wildman–Crippen MR) is 76.4 cm³/mol. The van der Waals surface area contributed by atoms with Crippen molar-refractivity contribution in [2.75, 3.05) is 7.11 Å². The second-order valence-electron chi connectivity index (χ2n) is 3.64. The number of carbonyl (C=O) groups is 1. The summed E-state index contributed by atoms with van der Waals surface area (Å²) in [5.41, 5.74) is 0.983. The molecule has 94 valence electrons. The normalized spacial score (nSPS) is 10.4. The van der Waals surface area contributed by atoms with E-state index in [9.17, 15) is 4.79 Å². The Kier molecular flexibility index (Phi) is 4.14. The molecule has 0 atom stereocenters. The van der Waals surface area contributed by atoms with Crippen molar-refractivity contribution in [2.24, 2.45) is 0 Å². The van der Waals surface area contributed by atoms with Gasteiger partial charge in [0.25, 0.3) is 0 Å². The molecule has 18 heavy (non-hydrogen) atoms. The fourth-order valence-electron chi connectivity index (χ4n) is 1.50. The lowest BCUT2D eigenvalue weighted by Crippen LogP contribution is -1.96. The summed E-state index contributed by atoms with van der Waals surface area (Å²) < 4.78 is 6.18. The van der Waals surface area contributed by atoms with Gasteiger partial charge in [-0.15, -0.1) is 11.3 Å². The Hall–Kier alpha value is -1.20. The minimum Gasteiger partial charge on any atom is -0.480 e. The molecule has 0 amide bonds. The molecular weight excluding hydrogens is 314 g/mol. The van der Waals surface area contributed by atoms with E-state index in [-0.39, 0.29) is 5.78 Å². The minimum absolute atomic E-state index is 0.0627. The van der Waals surface area contributed by atoms with Crippen molar-refractivity contribution in [2.45, 2.75) is 13.3 Å². The highest BCUT2D eigenvalue weighted by Crippen LogP contribution is 2.33. The Bertz CT molecular complexity index is 563. The van der Waals surface area contributed by atoms with Gasteiger partial charge in [-0.1, -0.05) is 35.0 Å². The fraction of sp³-hybridized carbons (Fsp3) is 0.231. The van der Waals surface area contributed by atoms with Crippen LogP contribution in [-0.2, 0) is 0 Å². The number of hydrogen-bond donors (Lipinski definition) is 0. The zero-order chi connectivity index (χ0) is 13.1. The van der Waals surface area contributed by atoms with Gasteiger partial charge in [-0.05, 0) is 12.1 Å². The number of hydrogen-bond acceptors (Lipinski definition) is 4. The standard InChI is InChI=1S/C13H12BrNO2S/c1-3-10(16)11-12(17-2)15-13(18-11)8-4-6-9(14)7-5-8/h4-7H,3H2,1-2H3. The number of halogens is 1. The van der Waals surface area contributed by atoms with E-state index in [1.54, 1.807) is 0 Å². The van der Waals surface area contributed by atoms with Crippen molar-refractivity contribution in [1.29, 1.82) is 0 Å². The summed E-state index contributed by atoms with van der Waals surface area (Å²) in [7, 11) is 1.53. The Balaban J connectivity index is 2.43. The van der Waals surface area contributed by atoms with Crippen LogP contribution in [0, 0.1) is 0 Å². The number of nitrogens with zero attached hydrogens (tertiary/aromatic N) is 1. The average molecular weight is 326 g/mol. The van der Waals surface area contributed by atoms with Crippen LogP contribution >= 0.6 is 27.3 Å². The van der Waals surface area contributed by atoms with Crippen molar-refractivity contribution < 1.29 is 9.53 Å². The second-order valence-corrected chi connectivity index (χ2v) is 5.56. The van der Waals surface area contributed by atoms with E-state index in [0.29, 0.717) is 17.2 Å². The van der Waals surface area contributed by atoms with Crippen LogP contribution < -0.4 is 4.74 Å². The highest BCUT2D eigenvalue weighted by Gasteiger charge is 2.18. The smallest absolute Gasteiger partial charge is 0.236 e. The van der Waals surface area contributed by atoms with Crippen LogP contribution in [0.3, 0.4) is 0 Å². The zero-order valence-electron chi connectivity index (χ0n) is 10.1. The fourth-order valence-corrected chi connectivity index (χ4v) is 2.81. The first-order chi connectivity index (χ1) is 8.65. The molecule has 0 saturated carbocycles. The van der Waals surface area contributed by atoms with E-state index in [1.807, 2.05) is 31.2 Å². The molecule has 0 N–H and O–H groups in total. The van der Waals surface area contributed by atoms with E-state index in [4.69, 9.17) is 4.74 Å². The highest BCUT2D eigenvalue weighted by atomic mass is 79.9. The van der Waals surface area contributed by atoms with Gasteiger partial charge in [-0.2, -0.15) is 0 Å². The molecule has 3 nitrogen and oxygen atoms in total. The highest BCUT2D eigenvalue weighted by molar-refractivity contribution is 9.10. The van der Waals surface area contributed by atoms with Gasteiger partial charge >= 0.3 is 0 Å². The Morgan fingerprint density at radius 3 is 2.61 bits per heavy atom. The number of carbonyl (C=O) groups excluding carboxylic acids is 1. The molecule has 0 aliphatic rings. The van der Waals surface area contributed by atoms with Gasteiger partial charge < -0.3 is 4.74 Å².